The van der Waals surface area contributed by atoms with Crippen molar-refractivity contribution in [1.82, 2.24) is 10.6 Å². The van der Waals surface area contributed by atoms with Crippen LogP contribution in [0.4, 0.5) is 0 Å². The molecule has 1 radical (unpaired) electrons. The van der Waals surface area contributed by atoms with Gasteiger partial charge in [-0.3, -0.25) is 0 Å². The van der Waals surface area contributed by atoms with Crippen LogP contribution in [0.3, 0.4) is 0 Å². The first-order valence-corrected chi connectivity index (χ1v) is 4.50. The molecule has 1 unspecified atom stereocenters. The van der Waals surface area contributed by atoms with Crippen LogP contribution in [-0.4, -0.2) is 32.2 Å². The van der Waals surface area contributed by atoms with Crippen LogP contribution >= 0.6 is 0 Å². The van der Waals surface area contributed by atoms with E-state index in [1.807, 2.05) is 0 Å². The Morgan fingerprint density at radius 1 is 1.45 bits per heavy atom. The van der Waals surface area contributed by atoms with Crippen LogP contribution in [0.5, 0.6) is 0 Å². The number of nitrogens with one attached hydrogen (secondary N) is 1. The molecule has 0 aromatic rings. The van der Waals surface area contributed by atoms with Crippen molar-refractivity contribution >= 4 is 0 Å². The van der Waals surface area contributed by atoms with Gasteiger partial charge in [0.25, 0.3) is 0 Å². The zero-order valence-electron chi connectivity index (χ0n) is 7.05. The fourth-order valence-corrected chi connectivity index (χ4v) is 1.33. The van der Waals surface area contributed by atoms with Crippen LogP contribution in [-0.2, 0) is 0 Å². The largest absolute Gasteiger partial charge is 0.330 e. The van der Waals surface area contributed by atoms with Gasteiger partial charge in [-0.05, 0) is 32.4 Å². The van der Waals surface area contributed by atoms with E-state index in [2.05, 4.69) is 10.6 Å². The molecule has 0 aromatic heterocycles. The van der Waals surface area contributed by atoms with E-state index < -0.39 is 0 Å². The van der Waals surface area contributed by atoms with Gasteiger partial charge in [0.1, 0.15) is 0 Å². The number of hydrogen-bond acceptors (Lipinski definition) is 2. The summed E-state index contributed by atoms with van der Waals surface area (Å²) >= 11 is 0. The minimum absolute atomic E-state index is 0.660. The Morgan fingerprint density at radius 3 is 3.00 bits per heavy atom. The van der Waals surface area contributed by atoms with Crippen molar-refractivity contribution in [2.24, 2.45) is 5.73 Å². The summed E-state index contributed by atoms with van der Waals surface area (Å²) in [7, 11) is 0. The van der Waals surface area contributed by atoms with E-state index in [4.69, 9.17) is 5.73 Å². The number of unbranched alkanes of at least 4 members (excludes halogenated alkanes) is 1. The van der Waals surface area contributed by atoms with Crippen LogP contribution in [0.25, 0.3) is 0 Å². The van der Waals surface area contributed by atoms with E-state index in [0.717, 1.165) is 32.6 Å². The molecular weight excluding hydrogens is 138 g/mol. The summed E-state index contributed by atoms with van der Waals surface area (Å²) < 4.78 is 0. The van der Waals surface area contributed by atoms with E-state index in [1.165, 1.54) is 12.8 Å². The number of rotatable bonds is 5. The van der Waals surface area contributed by atoms with Gasteiger partial charge in [-0.25, -0.2) is 5.32 Å². The highest BCUT2D eigenvalue weighted by atomic mass is 15.0. The van der Waals surface area contributed by atoms with Gasteiger partial charge in [0.15, 0.2) is 0 Å². The van der Waals surface area contributed by atoms with E-state index in [1.54, 1.807) is 0 Å². The molecular formula is C8H18N3. The van der Waals surface area contributed by atoms with Crippen molar-refractivity contribution in [1.29, 1.82) is 0 Å². The lowest BCUT2D eigenvalue weighted by atomic mass is 10.2. The van der Waals surface area contributed by atoms with E-state index in [9.17, 15) is 0 Å². The Morgan fingerprint density at radius 2 is 2.36 bits per heavy atom. The minimum Gasteiger partial charge on any atom is -0.330 e. The topological polar surface area (TPSA) is 52.1 Å². The Balaban J connectivity index is 1.86. The van der Waals surface area contributed by atoms with Crippen molar-refractivity contribution in [3.63, 3.8) is 0 Å². The molecule has 1 atom stereocenters. The lowest BCUT2D eigenvalue weighted by Gasteiger charge is -2.09. The Kier molecular flexibility index (Phi) is 4.50. The zero-order valence-corrected chi connectivity index (χ0v) is 7.05. The fraction of sp³-hybridized carbons (Fsp3) is 1.00. The van der Waals surface area contributed by atoms with Crippen molar-refractivity contribution in [3.8, 4) is 0 Å². The minimum atomic E-state index is 0.660. The summed E-state index contributed by atoms with van der Waals surface area (Å²) in [6.07, 6.45) is 3.56. The summed E-state index contributed by atoms with van der Waals surface area (Å²) in [4.78, 5) is 0. The van der Waals surface area contributed by atoms with Crippen LogP contribution in [0.15, 0.2) is 0 Å². The average molecular weight is 156 g/mol. The zero-order chi connectivity index (χ0) is 7.94. The van der Waals surface area contributed by atoms with E-state index in [0.29, 0.717) is 6.04 Å². The first kappa shape index (κ1) is 8.97. The third kappa shape index (κ3) is 3.70. The van der Waals surface area contributed by atoms with E-state index in [-0.39, 0.29) is 0 Å². The summed E-state index contributed by atoms with van der Waals surface area (Å²) in [5.74, 6) is 0. The maximum Gasteiger partial charge on any atom is 0.0288 e. The molecule has 1 aliphatic rings. The quantitative estimate of drug-likeness (QED) is 0.537. The van der Waals surface area contributed by atoms with Crippen LogP contribution in [0.2, 0.25) is 0 Å². The Hall–Kier alpha value is -0.120. The van der Waals surface area contributed by atoms with E-state index >= 15 is 0 Å². The second kappa shape index (κ2) is 5.52. The number of nitrogens with zero attached hydrogens (tertiary/aromatic N) is 1. The Labute approximate surface area is 68.7 Å². The lowest BCUT2D eigenvalue weighted by Crippen LogP contribution is -2.30. The molecule has 0 aromatic carbocycles. The summed E-state index contributed by atoms with van der Waals surface area (Å²) in [5, 5.41) is 7.74. The molecule has 1 saturated heterocycles. The normalized spacial score (nSPS) is 24.3. The third-order valence-electron chi connectivity index (χ3n) is 2.05. The molecule has 11 heavy (non-hydrogen) atoms. The first-order valence-electron chi connectivity index (χ1n) is 4.50. The predicted molar refractivity (Wildman–Crippen MR) is 46.6 cm³/mol. The molecule has 1 rings (SSSR count). The molecule has 65 valence electrons. The smallest absolute Gasteiger partial charge is 0.0288 e. The molecule has 0 amide bonds. The molecule has 3 N–H and O–H groups in total. The Bertz CT molecular complexity index is 89.3. The molecule has 0 spiro atoms. The molecule has 1 heterocycles. The van der Waals surface area contributed by atoms with Gasteiger partial charge in [-0.15, -0.1) is 0 Å². The van der Waals surface area contributed by atoms with Crippen molar-refractivity contribution in [3.05, 3.63) is 0 Å². The maximum atomic E-state index is 5.38. The van der Waals surface area contributed by atoms with Gasteiger partial charge in [-0.2, -0.15) is 0 Å². The summed E-state index contributed by atoms with van der Waals surface area (Å²) in [6.45, 7) is 3.99. The number of nitrogens with two attached hydrogens (primary N) is 1. The maximum absolute atomic E-state index is 5.38. The molecule has 0 saturated carbocycles. The average Bonchev–Trinajstić information content (AvgIpc) is 2.50. The third-order valence-corrected chi connectivity index (χ3v) is 2.05. The molecule has 0 bridgehead atoms. The standard InChI is InChI=1S/C8H18N3/c9-4-1-2-5-11-8-3-6-10-7-8/h8,11H,1-7,9H2. The highest BCUT2D eigenvalue weighted by Crippen LogP contribution is 1.98. The first-order chi connectivity index (χ1) is 5.43. The molecule has 0 aliphatic carbocycles. The van der Waals surface area contributed by atoms with Gasteiger partial charge >= 0.3 is 0 Å². The second-order valence-electron chi connectivity index (χ2n) is 3.07. The molecule has 1 fully saturated rings. The van der Waals surface area contributed by atoms with Gasteiger partial charge in [0, 0.05) is 19.1 Å². The fourth-order valence-electron chi connectivity index (χ4n) is 1.33. The van der Waals surface area contributed by atoms with Crippen LogP contribution in [0, 0.1) is 0 Å². The molecule has 3 nitrogen and oxygen atoms in total. The summed E-state index contributed by atoms with van der Waals surface area (Å²) in [6, 6.07) is 0.660. The molecule has 1 aliphatic heterocycles. The van der Waals surface area contributed by atoms with Crippen molar-refractivity contribution < 1.29 is 0 Å². The van der Waals surface area contributed by atoms with Crippen LogP contribution < -0.4 is 16.4 Å². The van der Waals surface area contributed by atoms with Gasteiger partial charge in [-0.1, -0.05) is 0 Å². The highest BCUT2D eigenvalue weighted by molar-refractivity contribution is 4.76. The van der Waals surface area contributed by atoms with Crippen molar-refractivity contribution in [2.75, 3.05) is 26.2 Å². The predicted octanol–water partition coefficient (Wildman–Crippen LogP) is -0.308. The van der Waals surface area contributed by atoms with Gasteiger partial charge in [0.2, 0.25) is 0 Å². The lowest BCUT2D eigenvalue weighted by molar-refractivity contribution is 0.528. The SMILES string of the molecule is NCCCCNC1CC[N]C1. The number of hydrogen-bond donors (Lipinski definition) is 2. The summed E-state index contributed by atoms with van der Waals surface area (Å²) in [5.41, 5.74) is 5.38. The molecule has 3 heteroatoms. The van der Waals surface area contributed by atoms with Crippen LogP contribution in [0.1, 0.15) is 19.3 Å². The highest BCUT2D eigenvalue weighted by Gasteiger charge is 2.13. The van der Waals surface area contributed by atoms with Gasteiger partial charge < -0.3 is 11.1 Å². The van der Waals surface area contributed by atoms with Gasteiger partial charge in [0.05, 0.1) is 0 Å². The second-order valence-corrected chi connectivity index (χ2v) is 3.07. The van der Waals surface area contributed by atoms with Crippen molar-refractivity contribution in [2.45, 2.75) is 25.3 Å². The monoisotopic (exact) mass is 156 g/mol.